The second-order valence-electron chi connectivity index (χ2n) is 10.9. The van der Waals surface area contributed by atoms with Crippen molar-refractivity contribution in [2.24, 2.45) is 0 Å². The number of carbonyl (C=O) groups is 2. The van der Waals surface area contributed by atoms with Crippen LogP contribution in [0.1, 0.15) is 42.4 Å². The van der Waals surface area contributed by atoms with Gasteiger partial charge < -0.3 is 15.0 Å². The van der Waals surface area contributed by atoms with Crippen LogP contribution in [0.2, 0.25) is 0 Å². The van der Waals surface area contributed by atoms with Crippen molar-refractivity contribution in [3.8, 4) is 5.75 Å². The molecule has 0 aliphatic heterocycles. The molecule has 1 saturated carbocycles. The summed E-state index contributed by atoms with van der Waals surface area (Å²) in [6.07, 6.45) is -0.197. The van der Waals surface area contributed by atoms with Crippen molar-refractivity contribution in [1.29, 1.82) is 0 Å². The molecule has 3 aromatic rings. The molecule has 236 valence electrons. The van der Waals surface area contributed by atoms with E-state index in [0.717, 1.165) is 49.6 Å². The van der Waals surface area contributed by atoms with E-state index < -0.39 is 40.3 Å². The molecule has 3 aromatic carbocycles. The molecule has 0 saturated heterocycles. The van der Waals surface area contributed by atoms with Crippen LogP contribution < -0.4 is 14.4 Å². The third-order valence-corrected chi connectivity index (χ3v) is 8.74. The van der Waals surface area contributed by atoms with Gasteiger partial charge in [0.15, 0.2) is 0 Å². The highest BCUT2D eigenvalue weighted by Crippen LogP contribution is 2.32. The number of rotatable bonds is 12. The third kappa shape index (κ3) is 8.75. The van der Waals surface area contributed by atoms with E-state index in [4.69, 9.17) is 4.74 Å². The smallest absolute Gasteiger partial charge is 0.416 e. The van der Waals surface area contributed by atoms with Crippen molar-refractivity contribution in [3.63, 3.8) is 0 Å². The Morgan fingerprint density at radius 2 is 1.61 bits per heavy atom. The van der Waals surface area contributed by atoms with Gasteiger partial charge in [-0.3, -0.25) is 13.9 Å². The first-order chi connectivity index (χ1) is 20.8. The quantitative estimate of drug-likeness (QED) is 0.297. The molecule has 8 nitrogen and oxygen atoms in total. The van der Waals surface area contributed by atoms with E-state index in [9.17, 15) is 31.2 Å². The van der Waals surface area contributed by atoms with E-state index in [1.807, 2.05) is 30.3 Å². The molecule has 2 amide bonds. The molecule has 12 heteroatoms. The molecule has 44 heavy (non-hydrogen) atoms. The van der Waals surface area contributed by atoms with E-state index >= 15 is 0 Å². The molecule has 1 aliphatic rings. The highest BCUT2D eigenvalue weighted by Gasteiger charge is 2.35. The summed E-state index contributed by atoms with van der Waals surface area (Å²) in [7, 11) is -2.72. The van der Waals surface area contributed by atoms with Gasteiger partial charge in [0, 0.05) is 19.0 Å². The summed E-state index contributed by atoms with van der Waals surface area (Å²) in [6, 6.07) is 18.7. The van der Waals surface area contributed by atoms with E-state index in [1.54, 1.807) is 24.3 Å². The van der Waals surface area contributed by atoms with Gasteiger partial charge in [0.1, 0.15) is 18.3 Å². The number of nitrogens with zero attached hydrogens (tertiary/aromatic N) is 2. The fraction of sp³-hybridized carbons (Fsp3) is 0.375. The lowest BCUT2D eigenvalue weighted by Gasteiger charge is -2.34. The lowest BCUT2D eigenvalue weighted by molar-refractivity contribution is -0.140. The van der Waals surface area contributed by atoms with E-state index in [-0.39, 0.29) is 30.6 Å². The summed E-state index contributed by atoms with van der Waals surface area (Å²) < 4.78 is 72.2. The zero-order chi connectivity index (χ0) is 31.9. The first kappa shape index (κ1) is 32.8. The van der Waals surface area contributed by atoms with Crippen LogP contribution in [0.4, 0.5) is 18.9 Å². The summed E-state index contributed by atoms with van der Waals surface area (Å²) in [4.78, 5) is 29.4. The minimum absolute atomic E-state index is 0.0489. The Labute approximate surface area is 255 Å². The largest absolute Gasteiger partial charge is 0.497 e. The Hall–Kier alpha value is -4.06. The standard InChI is InChI=1S/C32H36F3N3O5S/c1-43-28-17-8-12-24(18-28)21-37(29(19-23-10-4-3-5-11-23)31(40)36-26-14-6-7-15-26)30(39)22-38(44(2,41)42)27-16-9-13-25(20-27)32(33,34)35/h3-5,8-13,16-18,20,26,29H,6-7,14-15,19,21-22H2,1-2H3,(H,36,40)/t29-/m0/s1. The Kier molecular flexibility index (Phi) is 10.6. The molecular weight excluding hydrogens is 595 g/mol. The maximum absolute atomic E-state index is 14.2. The normalized spacial score (nSPS) is 14.6. The van der Waals surface area contributed by atoms with E-state index in [2.05, 4.69) is 5.32 Å². The van der Waals surface area contributed by atoms with Gasteiger partial charge in [-0.1, -0.05) is 61.4 Å². The van der Waals surface area contributed by atoms with Crippen LogP contribution in [0.15, 0.2) is 78.9 Å². The predicted octanol–water partition coefficient (Wildman–Crippen LogP) is 5.18. The molecule has 1 N–H and O–H groups in total. The summed E-state index contributed by atoms with van der Waals surface area (Å²) in [5.41, 5.74) is 0.0315. The van der Waals surface area contributed by atoms with Crippen LogP contribution in [-0.4, -0.2) is 57.1 Å². The second kappa shape index (κ2) is 14.1. The van der Waals surface area contributed by atoms with Crippen LogP contribution in [-0.2, 0) is 38.8 Å². The minimum Gasteiger partial charge on any atom is -0.497 e. The molecule has 0 radical (unpaired) electrons. The average Bonchev–Trinajstić information content (AvgIpc) is 3.50. The zero-order valence-corrected chi connectivity index (χ0v) is 25.4. The minimum atomic E-state index is -4.72. The number of alkyl halides is 3. The highest BCUT2D eigenvalue weighted by molar-refractivity contribution is 7.92. The van der Waals surface area contributed by atoms with Crippen molar-refractivity contribution < 1.29 is 35.9 Å². The number of hydrogen-bond donors (Lipinski definition) is 1. The lowest BCUT2D eigenvalue weighted by Crippen LogP contribution is -2.54. The monoisotopic (exact) mass is 631 g/mol. The first-order valence-corrected chi connectivity index (χ1v) is 16.1. The molecule has 0 unspecified atom stereocenters. The molecule has 4 rings (SSSR count). The van der Waals surface area contributed by atoms with Gasteiger partial charge in [0.25, 0.3) is 0 Å². The Bertz CT molecular complexity index is 1540. The van der Waals surface area contributed by atoms with Gasteiger partial charge in [-0.05, 0) is 54.3 Å². The summed E-state index contributed by atoms with van der Waals surface area (Å²) in [6.45, 7) is -0.891. The maximum Gasteiger partial charge on any atom is 0.416 e. The number of anilines is 1. The lowest BCUT2D eigenvalue weighted by atomic mass is 10.0. The molecule has 0 bridgehead atoms. The van der Waals surface area contributed by atoms with Crippen LogP contribution in [0, 0.1) is 0 Å². The van der Waals surface area contributed by atoms with Crippen molar-refractivity contribution in [2.45, 2.75) is 56.9 Å². The van der Waals surface area contributed by atoms with Gasteiger partial charge in [0.05, 0.1) is 24.6 Å². The fourth-order valence-corrected chi connectivity index (χ4v) is 6.18. The van der Waals surface area contributed by atoms with Crippen molar-refractivity contribution in [3.05, 3.63) is 95.6 Å². The van der Waals surface area contributed by atoms with Gasteiger partial charge in [0.2, 0.25) is 21.8 Å². The fourth-order valence-electron chi connectivity index (χ4n) is 5.34. The van der Waals surface area contributed by atoms with Gasteiger partial charge >= 0.3 is 6.18 Å². The molecule has 1 fully saturated rings. The zero-order valence-electron chi connectivity index (χ0n) is 24.6. The number of methoxy groups -OCH3 is 1. The van der Waals surface area contributed by atoms with Gasteiger partial charge in [-0.15, -0.1) is 0 Å². The van der Waals surface area contributed by atoms with E-state index in [1.165, 1.54) is 18.1 Å². The highest BCUT2D eigenvalue weighted by atomic mass is 32.2. The molecule has 1 atom stereocenters. The summed E-state index contributed by atoms with van der Waals surface area (Å²) in [5.74, 6) is -0.619. The van der Waals surface area contributed by atoms with Crippen LogP contribution in [0.25, 0.3) is 0 Å². The topological polar surface area (TPSA) is 96.0 Å². The SMILES string of the molecule is COc1cccc(CN(C(=O)CN(c2cccc(C(F)(F)F)c2)S(C)(=O)=O)[C@@H](Cc2ccccc2)C(=O)NC2CCCC2)c1. The van der Waals surface area contributed by atoms with Gasteiger partial charge in [-0.2, -0.15) is 13.2 Å². The molecule has 0 heterocycles. The molecule has 0 spiro atoms. The van der Waals surface area contributed by atoms with Gasteiger partial charge in [-0.25, -0.2) is 8.42 Å². The van der Waals surface area contributed by atoms with Crippen LogP contribution in [0.5, 0.6) is 5.75 Å². The number of ether oxygens (including phenoxy) is 1. The Balaban J connectivity index is 1.75. The number of sulfonamides is 1. The second-order valence-corrected chi connectivity index (χ2v) is 12.8. The summed E-state index contributed by atoms with van der Waals surface area (Å²) >= 11 is 0. The number of benzene rings is 3. The number of halogens is 3. The molecular formula is C32H36F3N3O5S. The number of nitrogens with one attached hydrogen (secondary N) is 1. The maximum atomic E-state index is 14.2. The Morgan fingerprint density at radius 3 is 2.25 bits per heavy atom. The Morgan fingerprint density at radius 1 is 0.955 bits per heavy atom. The van der Waals surface area contributed by atoms with Crippen molar-refractivity contribution in [2.75, 3.05) is 24.2 Å². The van der Waals surface area contributed by atoms with Crippen molar-refractivity contribution in [1.82, 2.24) is 10.2 Å². The number of hydrogen-bond acceptors (Lipinski definition) is 5. The average molecular weight is 632 g/mol. The first-order valence-electron chi connectivity index (χ1n) is 14.3. The number of carbonyl (C=O) groups excluding carboxylic acids is 2. The number of amides is 2. The molecule has 0 aromatic heterocycles. The third-order valence-electron chi connectivity index (χ3n) is 7.60. The predicted molar refractivity (Wildman–Crippen MR) is 162 cm³/mol. The van der Waals surface area contributed by atoms with Crippen LogP contribution in [0.3, 0.4) is 0 Å². The van der Waals surface area contributed by atoms with E-state index in [0.29, 0.717) is 21.7 Å². The molecule has 1 aliphatic carbocycles. The van der Waals surface area contributed by atoms with Crippen LogP contribution >= 0.6 is 0 Å². The van der Waals surface area contributed by atoms with Crippen molar-refractivity contribution >= 4 is 27.5 Å². The summed E-state index contributed by atoms with van der Waals surface area (Å²) in [5, 5.41) is 3.07.